The zero-order valence-electron chi connectivity index (χ0n) is 13.7. The van der Waals surface area contributed by atoms with Gasteiger partial charge in [-0.05, 0) is 24.7 Å². The lowest BCUT2D eigenvalue weighted by Gasteiger charge is -2.34. The van der Waals surface area contributed by atoms with E-state index in [2.05, 4.69) is 5.32 Å². The summed E-state index contributed by atoms with van der Waals surface area (Å²) in [5.41, 5.74) is -0.113. The van der Waals surface area contributed by atoms with Crippen LogP contribution in [-0.4, -0.2) is 67.2 Å². The molecule has 0 aromatic rings. The standard InChI is InChI=1S/C15H29N3O3/c1-15(2,7-9-19)11-16-13(20)12-6-5-8-18(10-12)14(21)17(3)4/h12,19H,5-11H2,1-4H3,(H,16,20). The molecule has 1 atom stereocenters. The maximum Gasteiger partial charge on any atom is 0.319 e. The van der Waals surface area contributed by atoms with Crippen molar-refractivity contribution in [2.75, 3.05) is 40.3 Å². The van der Waals surface area contributed by atoms with Gasteiger partial charge in [-0.1, -0.05) is 13.8 Å². The molecule has 2 N–H and O–H groups in total. The lowest BCUT2D eigenvalue weighted by atomic mass is 9.89. The van der Waals surface area contributed by atoms with Gasteiger partial charge < -0.3 is 20.2 Å². The summed E-state index contributed by atoms with van der Waals surface area (Å²) in [7, 11) is 3.45. The number of urea groups is 1. The van der Waals surface area contributed by atoms with E-state index in [-0.39, 0.29) is 29.9 Å². The van der Waals surface area contributed by atoms with E-state index in [0.29, 0.717) is 19.5 Å². The number of hydrogen-bond acceptors (Lipinski definition) is 3. The number of aliphatic hydroxyl groups excluding tert-OH is 1. The van der Waals surface area contributed by atoms with Gasteiger partial charge in [-0.2, -0.15) is 0 Å². The highest BCUT2D eigenvalue weighted by Crippen LogP contribution is 2.20. The number of hydrogen-bond donors (Lipinski definition) is 2. The Hall–Kier alpha value is -1.30. The molecule has 0 aromatic carbocycles. The summed E-state index contributed by atoms with van der Waals surface area (Å²) in [6.07, 6.45) is 2.34. The van der Waals surface area contributed by atoms with Crippen molar-refractivity contribution in [1.29, 1.82) is 0 Å². The van der Waals surface area contributed by atoms with Crippen LogP contribution in [0.5, 0.6) is 0 Å². The molecule has 0 radical (unpaired) electrons. The topological polar surface area (TPSA) is 72.9 Å². The smallest absolute Gasteiger partial charge is 0.319 e. The number of carbonyl (C=O) groups is 2. The molecule has 21 heavy (non-hydrogen) atoms. The molecule has 3 amide bonds. The van der Waals surface area contributed by atoms with E-state index in [1.807, 2.05) is 13.8 Å². The fourth-order valence-electron chi connectivity index (χ4n) is 2.51. The number of amides is 3. The fourth-order valence-corrected chi connectivity index (χ4v) is 2.51. The molecule has 1 fully saturated rings. The third-order valence-corrected chi connectivity index (χ3v) is 3.98. The van der Waals surface area contributed by atoms with Gasteiger partial charge in [0.15, 0.2) is 0 Å². The second-order valence-electron chi connectivity index (χ2n) is 6.82. The minimum absolute atomic E-state index is 0.0114. The lowest BCUT2D eigenvalue weighted by molar-refractivity contribution is -0.126. The van der Waals surface area contributed by atoms with Crippen LogP contribution in [0.25, 0.3) is 0 Å². The molecule has 122 valence electrons. The molecular weight excluding hydrogens is 270 g/mol. The molecule has 0 saturated carbocycles. The Balaban J connectivity index is 2.49. The molecule has 6 heteroatoms. The number of piperidine rings is 1. The molecule has 0 aliphatic carbocycles. The highest BCUT2D eigenvalue weighted by Gasteiger charge is 2.29. The Bertz CT molecular complexity index is 369. The van der Waals surface area contributed by atoms with Gasteiger partial charge in [-0.25, -0.2) is 4.79 Å². The molecular formula is C15H29N3O3. The first-order valence-electron chi connectivity index (χ1n) is 7.61. The molecule has 0 spiro atoms. The van der Waals surface area contributed by atoms with Crippen molar-refractivity contribution in [1.82, 2.24) is 15.1 Å². The van der Waals surface area contributed by atoms with Crippen LogP contribution in [0.1, 0.15) is 33.1 Å². The van der Waals surface area contributed by atoms with Crippen LogP contribution in [0.3, 0.4) is 0 Å². The molecule has 1 saturated heterocycles. The summed E-state index contributed by atoms with van der Waals surface area (Å²) in [6, 6.07) is -0.0342. The number of rotatable bonds is 5. The third kappa shape index (κ3) is 5.53. The molecule has 1 heterocycles. The van der Waals surface area contributed by atoms with E-state index < -0.39 is 0 Å². The Morgan fingerprint density at radius 2 is 2.05 bits per heavy atom. The van der Waals surface area contributed by atoms with Crippen molar-refractivity contribution in [3.63, 3.8) is 0 Å². The van der Waals surface area contributed by atoms with Crippen molar-refractivity contribution in [3.8, 4) is 0 Å². The van der Waals surface area contributed by atoms with Crippen molar-refractivity contribution < 1.29 is 14.7 Å². The Morgan fingerprint density at radius 3 is 2.62 bits per heavy atom. The summed E-state index contributed by atoms with van der Waals surface area (Å²) in [5.74, 6) is -0.121. The predicted molar refractivity (Wildman–Crippen MR) is 81.9 cm³/mol. The van der Waals surface area contributed by atoms with E-state index in [1.54, 1.807) is 23.9 Å². The van der Waals surface area contributed by atoms with Crippen molar-refractivity contribution in [2.24, 2.45) is 11.3 Å². The Labute approximate surface area is 127 Å². The molecule has 1 rings (SSSR count). The molecule has 1 aliphatic heterocycles. The number of aliphatic hydroxyl groups is 1. The number of nitrogens with zero attached hydrogens (tertiary/aromatic N) is 2. The van der Waals surface area contributed by atoms with Crippen LogP contribution < -0.4 is 5.32 Å². The van der Waals surface area contributed by atoms with Gasteiger partial charge in [0.2, 0.25) is 5.91 Å². The van der Waals surface area contributed by atoms with Crippen LogP contribution in [-0.2, 0) is 4.79 Å². The maximum atomic E-state index is 12.3. The molecule has 1 aliphatic rings. The second kappa shape index (κ2) is 7.64. The molecule has 6 nitrogen and oxygen atoms in total. The largest absolute Gasteiger partial charge is 0.396 e. The quantitative estimate of drug-likeness (QED) is 0.792. The van der Waals surface area contributed by atoms with Gasteiger partial charge in [-0.15, -0.1) is 0 Å². The first-order valence-corrected chi connectivity index (χ1v) is 7.61. The summed E-state index contributed by atoms with van der Waals surface area (Å²) in [6.45, 7) is 5.92. The van der Waals surface area contributed by atoms with E-state index in [4.69, 9.17) is 5.11 Å². The zero-order valence-corrected chi connectivity index (χ0v) is 13.7. The lowest BCUT2D eigenvalue weighted by Crippen LogP contribution is -2.49. The molecule has 0 bridgehead atoms. The average Bonchev–Trinajstić information content (AvgIpc) is 2.44. The molecule has 0 aromatic heterocycles. The van der Waals surface area contributed by atoms with Gasteiger partial charge in [0, 0.05) is 40.3 Å². The Morgan fingerprint density at radius 1 is 1.38 bits per heavy atom. The summed E-state index contributed by atoms with van der Waals surface area (Å²) in [4.78, 5) is 27.5. The first-order chi connectivity index (χ1) is 9.76. The highest BCUT2D eigenvalue weighted by atomic mass is 16.3. The predicted octanol–water partition coefficient (Wildman–Crippen LogP) is 0.905. The summed E-state index contributed by atoms with van der Waals surface area (Å²) >= 11 is 0. The minimum atomic E-state index is -0.132. The monoisotopic (exact) mass is 299 g/mol. The van der Waals surface area contributed by atoms with Crippen LogP contribution in [0, 0.1) is 11.3 Å². The van der Waals surface area contributed by atoms with Crippen molar-refractivity contribution in [2.45, 2.75) is 33.1 Å². The van der Waals surface area contributed by atoms with E-state index in [1.165, 1.54) is 0 Å². The van der Waals surface area contributed by atoms with Gasteiger partial charge >= 0.3 is 6.03 Å². The van der Waals surface area contributed by atoms with Crippen LogP contribution in [0.4, 0.5) is 4.79 Å². The average molecular weight is 299 g/mol. The first kappa shape index (κ1) is 17.8. The van der Waals surface area contributed by atoms with Gasteiger partial charge in [-0.3, -0.25) is 4.79 Å². The van der Waals surface area contributed by atoms with Gasteiger partial charge in [0.05, 0.1) is 5.92 Å². The normalized spacial score (nSPS) is 19.3. The highest BCUT2D eigenvalue weighted by molar-refractivity contribution is 5.80. The SMILES string of the molecule is CN(C)C(=O)N1CCCC(C(=O)NCC(C)(C)CCO)C1. The minimum Gasteiger partial charge on any atom is -0.396 e. The van der Waals surface area contributed by atoms with Gasteiger partial charge in [0.1, 0.15) is 0 Å². The summed E-state index contributed by atoms with van der Waals surface area (Å²) in [5, 5.41) is 12.0. The van der Waals surface area contributed by atoms with Crippen molar-refractivity contribution in [3.05, 3.63) is 0 Å². The summed E-state index contributed by atoms with van der Waals surface area (Å²) < 4.78 is 0. The van der Waals surface area contributed by atoms with Crippen molar-refractivity contribution >= 4 is 11.9 Å². The van der Waals surface area contributed by atoms with E-state index in [0.717, 1.165) is 19.4 Å². The second-order valence-corrected chi connectivity index (χ2v) is 6.82. The fraction of sp³-hybridized carbons (Fsp3) is 0.867. The van der Waals surface area contributed by atoms with Crippen LogP contribution in [0.2, 0.25) is 0 Å². The zero-order chi connectivity index (χ0) is 16.0. The molecule has 1 unspecified atom stereocenters. The third-order valence-electron chi connectivity index (χ3n) is 3.98. The maximum absolute atomic E-state index is 12.3. The number of carbonyl (C=O) groups excluding carboxylic acids is 2. The number of nitrogens with one attached hydrogen (secondary N) is 1. The van der Waals surface area contributed by atoms with Gasteiger partial charge in [0.25, 0.3) is 0 Å². The van der Waals surface area contributed by atoms with E-state index >= 15 is 0 Å². The Kier molecular flexibility index (Phi) is 6.45. The number of likely N-dealkylation sites (tertiary alicyclic amines) is 1. The van der Waals surface area contributed by atoms with E-state index in [9.17, 15) is 9.59 Å². The van der Waals surface area contributed by atoms with Crippen LogP contribution in [0.15, 0.2) is 0 Å². The van der Waals surface area contributed by atoms with Crippen LogP contribution >= 0.6 is 0 Å².